The average Bonchev–Trinajstić information content (AvgIpc) is 2.78. The topological polar surface area (TPSA) is 69.2 Å². The molecule has 3 aromatic rings. The van der Waals surface area contributed by atoms with Crippen LogP contribution in [-0.2, 0) is 4.79 Å². The molecule has 0 aliphatic rings. The van der Waals surface area contributed by atoms with Gasteiger partial charge >= 0.3 is 0 Å². The first kappa shape index (κ1) is 21.6. The number of fused-ring (bicyclic) bond motifs is 1. The maximum atomic E-state index is 12.6. The molecule has 0 spiro atoms. The fourth-order valence-corrected chi connectivity index (χ4v) is 3.62. The number of hydrogen-bond donors (Lipinski definition) is 1. The van der Waals surface area contributed by atoms with Crippen LogP contribution in [0, 0.1) is 0 Å². The first-order valence-corrected chi connectivity index (χ1v) is 10.3. The van der Waals surface area contributed by atoms with Crippen molar-refractivity contribution in [1.29, 1.82) is 0 Å². The van der Waals surface area contributed by atoms with Crippen LogP contribution in [0.25, 0.3) is 10.8 Å². The van der Waals surface area contributed by atoms with Crippen LogP contribution in [0.4, 0.5) is 0 Å². The van der Waals surface area contributed by atoms with Crippen molar-refractivity contribution in [2.24, 2.45) is 5.10 Å². The van der Waals surface area contributed by atoms with Gasteiger partial charge in [-0.1, -0.05) is 43.3 Å². The van der Waals surface area contributed by atoms with E-state index in [9.17, 15) is 4.79 Å². The van der Waals surface area contributed by atoms with Crippen LogP contribution in [0.5, 0.6) is 17.2 Å². The molecule has 3 aromatic carbocycles. The van der Waals surface area contributed by atoms with Crippen LogP contribution in [0.3, 0.4) is 0 Å². The Labute approximate surface area is 184 Å². The van der Waals surface area contributed by atoms with Crippen molar-refractivity contribution in [3.05, 3.63) is 64.6 Å². The van der Waals surface area contributed by atoms with E-state index in [1.54, 1.807) is 20.3 Å². The third-order valence-corrected chi connectivity index (χ3v) is 5.39. The maximum Gasteiger partial charge on any atom is 0.281 e. The number of hydrogen-bond acceptors (Lipinski definition) is 5. The molecule has 1 N–H and O–H groups in total. The van der Waals surface area contributed by atoms with Crippen molar-refractivity contribution < 1.29 is 19.0 Å². The fraction of sp³-hybridized carbons (Fsp3) is 0.217. The summed E-state index contributed by atoms with van der Waals surface area (Å²) in [6.07, 6.45) is 1.31. The van der Waals surface area contributed by atoms with Crippen molar-refractivity contribution in [2.75, 3.05) is 14.2 Å². The summed E-state index contributed by atoms with van der Waals surface area (Å²) in [5.74, 6) is 1.40. The first-order chi connectivity index (χ1) is 14.6. The van der Waals surface area contributed by atoms with Gasteiger partial charge in [-0.05, 0) is 51.3 Å². The molecule has 0 unspecified atom stereocenters. The van der Waals surface area contributed by atoms with Gasteiger partial charge < -0.3 is 14.2 Å². The van der Waals surface area contributed by atoms with E-state index in [2.05, 4.69) is 26.5 Å². The lowest BCUT2D eigenvalue weighted by atomic mass is 10.1. The summed E-state index contributed by atoms with van der Waals surface area (Å²) >= 11 is 3.59. The number of para-hydroxylation sites is 1. The van der Waals surface area contributed by atoms with Gasteiger partial charge in [-0.3, -0.25) is 4.79 Å². The van der Waals surface area contributed by atoms with Gasteiger partial charge in [0.2, 0.25) is 0 Å². The molecule has 7 heteroatoms. The van der Waals surface area contributed by atoms with Gasteiger partial charge in [0.15, 0.2) is 17.6 Å². The molecule has 30 heavy (non-hydrogen) atoms. The van der Waals surface area contributed by atoms with Gasteiger partial charge in [-0.2, -0.15) is 5.10 Å². The summed E-state index contributed by atoms with van der Waals surface area (Å²) < 4.78 is 17.4. The molecule has 0 aliphatic carbocycles. The molecule has 0 aromatic heterocycles. The molecule has 0 aliphatic heterocycles. The number of amides is 1. The van der Waals surface area contributed by atoms with Crippen LogP contribution in [0.2, 0.25) is 0 Å². The molecule has 1 atom stereocenters. The van der Waals surface area contributed by atoms with E-state index in [0.717, 1.165) is 15.2 Å². The highest BCUT2D eigenvalue weighted by Gasteiger charge is 2.20. The van der Waals surface area contributed by atoms with Crippen molar-refractivity contribution >= 4 is 38.8 Å². The van der Waals surface area contributed by atoms with Crippen LogP contribution < -0.4 is 19.6 Å². The summed E-state index contributed by atoms with van der Waals surface area (Å²) in [5, 5.41) is 6.17. The minimum atomic E-state index is -0.688. The Morgan fingerprint density at radius 2 is 1.87 bits per heavy atom. The predicted molar refractivity (Wildman–Crippen MR) is 122 cm³/mol. The van der Waals surface area contributed by atoms with Crippen LogP contribution in [-0.4, -0.2) is 32.4 Å². The minimum Gasteiger partial charge on any atom is -0.493 e. The Hall–Kier alpha value is -3.06. The van der Waals surface area contributed by atoms with Crippen molar-refractivity contribution in [3.63, 3.8) is 0 Å². The predicted octanol–water partition coefficient (Wildman–Crippen LogP) is 4.93. The second kappa shape index (κ2) is 10.1. The number of nitrogens with one attached hydrogen (secondary N) is 1. The van der Waals surface area contributed by atoms with Gasteiger partial charge in [0.25, 0.3) is 5.91 Å². The molecule has 0 bridgehead atoms. The number of halogens is 1. The number of nitrogens with zero attached hydrogens (tertiary/aromatic N) is 1. The molecule has 0 heterocycles. The van der Waals surface area contributed by atoms with E-state index in [1.807, 2.05) is 55.5 Å². The number of carbonyl (C=O) groups is 1. The van der Waals surface area contributed by atoms with E-state index in [0.29, 0.717) is 29.2 Å². The van der Waals surface area contributed by atoms with Gasteiger partial charge in [0, 0.05) is 5.56 Å². The normalized spacial score (nSPS) is 12.0. The Kier molecular flexibility index (Phi) is 7.30. The highest BCUT2D eigenvalue weighted by atomic mass is 79.9. The zero-order chi connectivity index (χ0) is 21.5. The number of methoxy groups -OCH3 is 2. The van der Waals surface area contributed by atoms with E-state index in [1.165, 1.54) is 6.21 Å². The van der Waals surface area contributed by atoms with Crippen molar-refractivity contribution in [3.8, 4) is 17.2 Å². The molecule has 1 amide bonds. The van der Waals surface area contributed by atoms with Gasteiger partial charge in [-0.15, -0.1) is 0 Å². The van der Waals surface area contributed by atoms with Gasteiger partial charge in [0.1, 0.15) is 5.75 Å². The summed E-state index contributed by atoms with van der Waals surface area (Å²) in [5.41, 5.74) is 3.23. The lowest BCUT2D eigenvalue weighted by Gasteiger charge is -2.17. The average molecular weight is 471 g/mol. The fourth-order valence-electron chi connectivity index (χ4n) is 3.03. The second-order valence-electron chi connectivity index (χ2n) is 6.43. The number of ether oxygens (including phenoxy) is 3. The lowest BCUT2D eigenvalue weighted by Crippen LogP contribution is -2.35. The summed E-state index contributed by atoms with van der Waals surface area (Å²) in [7, 11) is 3.12. The van der Waals surface area contributed by atoms with E-state index >= 15 is 0 Å². The molecule has 0 fully saturated rings. The highest BCUT2D eigenvalue weighted by Crippen LogP contribution is 2.34. The van der Waals surface area contributed by atoms with Gasteiger partial charge in [-0.25, -0.2) is 5.43 Å². The second-order valence-corrected chi connectivity index (χ2v) is 7.22. The standard InChI is InChI=1S/C23H23BrN2O4/c1-4-18(30-19-13-12-15-8-5-6-10-17(15)21(19)24)23(27)26-25-14-16-9-7-11-20(28-2)22(16)29-3/h5-14,18H,4H2,1-3H3,(H,26,27)/t18-/m0/s1. The SMILES string of the molecule is CC[C@H](Oc1ccc2ccccc2c1Br)C(=O)NN=Cc1cccc(OC)c1OC. The monoisotopic (exact) mass is 470 g/mol. The lowest BCUT2D eigenvalue weighted by molar-refractivity contribution is -0.128. The molecule has 3 rings (SSSR count). The van der Waals surface area contributed by atoms with E-state index in [4.69, 9.17) is 14.2 Å². The zero-order valence-electron chi connectivity index (χ0n) is 17.0. The largest absolute Gasteiger partial charge is 0.493 e. The molecule has 0 saturated carbocycles. The molecule has 6 nitrogen and oxygen atoms in total. The van der Waals surface area contributed by atoms with Crippen LogP contribution in [0.1, 0.15) is 18.9 Å². The van der Waals surface area contributed by atoms with Crippen LogP contribution in [0.15, 0.2) is 64.2 Å². The molecule has 156 valence electrons. The van der Waals surface area contributed by atoms with E-state index in [-0.39, 0.29) is 5.91 Å². The minimum absolute atomic E-state index is 0.337. The van der Waals surface area contributed by atoms with Crippen molar-refractivity contribution in [2.45, 2.75) is 19.4 Å². The Balaban J connectivity index is 1.72. The molecule has 0 radical (unpaired) electrons. The van der Waals surface area contributed by atoms with Crippen LogP contribution >= 0.6 is 15.9 Å². The smallest absolute Gasteiger partial charge is 0.281 e. The number of hydrazone groups is 1. The maximum absolute atomic E-state index is 12.6. The number of benzene rings is 3. The Bertz CT molecular complexity index is 1070. The first-order valence-electron chi connectivity index (χ1n) is 9.46. The summed E-state index contributed by atoms with van der Waals surface area (Å²) in [6, 6.07) is 17.2. The summed E-state index contributed by atoms with van der Waals surface area (Å²) in [6.45, 7) is 1.88. The van der Waals surface area contributed by atoms with Crippen molar-refractivity contribution in [1.82, 2.24) is 5.43 Å². The molecule has 0 saturated heterocycles. The summed E-state index contributed by atoms with van der Waals surface area (Å²) in [4.78, 5) is 12.6. The van der Waals surface area contributed by atoms with E-state index < -0.39 is 6.10 Å². The zero-order valence-corrected chi connectivity index (χ0v) is 18.6. The highest BCUT2D eigenvalue weighted by molar-refractivity contribution is 9.10. The van der Waals surface area contributed by atoms with Gasteiger partial charge in [0.05, 0.1) is 24.9 Å². The number of carbonyl (C=O) groups excluding carboxylic acids is 1. The Morgan fingerprint density at radius 3 is 2.60 bits per heavy atom. The molecular weight excluding hydrogens is 448 g/mol. The molecular formula is C23H23BrN2O4. The quantitative estimate of drug-likeness (QED) is 0.374. The number of rotatable bonds is 8. The third-order valence-electron chi connectivity index (χ3n) is 4.57. The third kappa shape index (κ3) is 4.74. The Morgan fingerprint density at radius 1 is 1.07 bits per heavy atom.